The molecule has 1 atom stereocenters. The molecule has 2 aromatic rings. The molecule has 4 aliphatic rings. The van der Waals surface area contributed by atoms with Crippen molar-refractivity contribution in [2.75, 3.05) is 55.6 Å². The fraction of sp³-hybridized carbons (Fsp3) is 0.548. The van der Waals surface area contributed by atoms with Crippen molar-refractivity contribution in [2.45, 2.75) is 68.7 Å². The van der Waals surface area contributed by atoms with E-state index in [2.05, 4.69) is 10.1 Å². The summed E-state index contributed by atoms with van der Waals surface area (Å²) in [5, 5.41) is 3.84. The zero-order chi connectivity index (χ0) is 34.6. The summed E-state index contributed by atoms with van der Waals surface area (Å²) in [5.74, 6) is -0.309. The van der Waals surface area contributed by atoms with E-state index < -0.39 is 39.1 Å². The average Bonchev–Trinajstić information content (AvgIpc) is 3.63. The van der Waals surface area contributed by atoms with E-state index in [9.17, 15) is 31.2 Å². The molecule has 2 amide bonds. The highest BCUT2D eigenvalue weighted by molar-refractivity contribution is 7.89. The lowest BCUT2D eigenvalue weighted by Gasteiger charge is -2.38. The van der Waals surface area contributed by atoms with Gasteiger partial charge >= 0.3 is 12.3 Å². The van der Waals surface area contributed by atoms with Crippen LogP contribution in [0.4, 0.5) is 29.5 Å². The van der Waals surface area contributed by atoms with Crippen molar-refractivity contribution in [3.05, 3.63) is 46.6 Å². The van der Waals surface area contributed by atoms with Gasteiger partial charge in [-0.1, -0.05) is 16.8 Å². The van der Waals surface area contributed by atoms with Crippen LogP contribution in [-0.4, -0.2) is 97.3 Å². The Kier molecular flexibility index (Phi) is 8.82. The smallest absolute Gasteiger partial charge is 0.416 e. The fourth-order valence-electron chi connectivity index (χ4n) is 6.46. The number of sulfonamides is 1. The first-order valence-corrected chi connectivity index (χ1v) is 17.4. The Labute approximate surface area is 281 Å². The standard InChI is InChI=1S/C31H36ClF3N6O6S/c1-29(2,3)46-28(43)39-9-4-8-30(19-39)18-23(37-47-30)27(42)41-10-7-20-15-22(5-6-24(20)41)48(44,45)40-13-11-38(12-14-40)26-17-21(31(33,34)35)16-25(32)36-26/h5-6,15-17H,4,7-14,18-19H2,1-3H3. The van der Waals surface area contributed by atoms with Crippen LogP contribution in [-0.2, 0) is 37.0 Å². The van der Waals surface area contributed by atoms with Crippen LogP contribution in [0.2, 0.25) is 5.15 Å². The van der Waals surface area contributed by atoms with Gasteiger partial charge in [0.1, 0.15) is 22.3 Å². The number of piperidine rings is 1. The molecule has 12 nitrogen and oxygen atoms in total. The highest BCUT2D eigenvalue weighted by Gasteiger charge is 2.47. The Morgan fingerprint density at radius 1 is 1.02 bits per heavy atom. The Bertz CT molecular complexity index is 1760. The Hall–Kier alpha value is -3.63. The molecule has 0 N–H and O–H groups in total. The molecule has 0 radical (unpaired) electrons. The van der Waals surface area contributed by atoms with Gasteiger partial charge in [0.05, 0.1) is 17.0 Å². The highest BCUT2D eigenvalue weighted by atomic mass is 35.5. The number of halogens is 4. The lowest BCUT2D eigenvalue weighted by Crippen LogP contribution is -2.52. The molecule has 48 heavy (non-hydrogen) atoms. The molecule has 1 spiro atoms. The summed E-state index contributed by atoms with van der Waals surface area (Å²) in [7, 11) is -3.93. The number of amides is 2. The molecule has 2 fully saturated rings. The number of rotatable bonds is 4. The van der Waals surface area contributed by atoms with Gasteiger partial charge in [-0.25, -0.2) is 18.2 Å². The predicted octanol–water partition coefficient (Wildman–Crippen LogP) is 4.70. The molecular formula is C31H36ClF3N6O6S. The van der Waals surface area contributed by atoms with Gasteiger partial charge in [0, 0.05) is 51.4 Å². The number of hydrogen-bond donors (Lipinski definition) is 0. The van der Waals surface area contributed by atoms with E-state index in [1.54, 1.807) is 47.6 Å². The molecular weight excluding hydrogens is 677 g/mol. The second kappa shape index (κ2) is 12.4. The van der Waals surface area contributed by atoms with E-state index in [0.29, 0.717) is 43.6 Å². The van der Waals surface area contributed by atoms with Gasteiger partial charge in [-0.15, -0.1) is 0 Å². The molecule has 17 heteroatoms. The lowest BCUT2D eigenvalue weighted by atomic mass is 9.88. The Morgan fingerprint density at radius 2 is 1.75 bits per heavy atom. The highest BCUT2D eigenvalue weighted by Crippen LogP contribution is 2.37. The fourth-order valence-corrected chi connectivity index (χ4v) is 8.13. The van der Waals surface area contributed by atoms with Gasteiger partial charge in [0.25, 0.3) is 5.91 Å². The Balaban J connectivity index is 1.09. The van der Waals surface area contributed by atoms with E-state index in [-0.39, 0.29) is 66.6 Å². The number of oxime groups is 1. The number of piperazine rings is 1. The molecule has 6 rings (SSSR count). The van der Waals surface area contributed by atoms with Crippen LogP contribution in [0.5, 0.6) is 0 Å². The van der Waals surface area contributed by atoms with Crippen LogP contribution in [0.1, 0.15) is 51.2 Å². The van der Waals surface area contributed by atoms with Crippen LogP contribution in [0, 0.1) is 0 Å². The normalized spacial score (nSPS) is 22.1. The number of pyridine rings is 1. The molecule has 0 saturated carbocycles. The zero-order valence-electron chi connectivity index (χ0n) is 26.7. The van der Waals surface area contributed by atoms with Crippen molar-refractivity contribution in [3.63, 3.8) is 0 Å². The first-order chi connectivity index (χ1) is 22.4. The maximum Gasteiger partial charge on any atom is 0.416 e. The molecule has 1 aromatic heterocycles. The first kappa shape index (κ1) is 34.2. The summed E-state index contributed by atoms with van der Waals surface area (Å²) in [4.78, 5) is 40.9. The van der Waals surface area contributed by atoms with Gasteiger partial charge in [0.2, 0.25) is 10.0 Å². The van der Waals surface area contributed by atoms with Gasteiger partial charge in [-0.3, -0.25) is 4.79 Å². The van der Waals surface area contributed by atoms with Crippen molar-refractivity contribution in [1.29, 1.82) is 0 Å². The molecule has 260 valence electrons. The Morgan fingerprint density at radius 3 is 2.44 bits per heavy atom. The number of fused-ring (bicyclic) bond motifs is 1. The molecule has 4 aliphatic heterocycles. The zero-order valence-corrected chi connectivity index (χ0v) is 28.3. The maximum atomic E-state index is 13.6. The molecule has 0 bridgehead atoms. The van der Waals surface area contributed by atoms with Crippen molar-refractivity contribution in [2.24, 2.45) is 5.16 Å². The molecule has 1 aromatic carbocycles. The molecule has 5 heterocycles. The van der Waals surface area contributed by atoms with Crippen LogP contribution in [0.15, 0.2) is 40.4 Å². The first-order valence-electron chi connectivity index (χ1n) is 15.6. The molecule has 0 aliphatic carbocycles. The number of ether oxygens (including phenoxy) is 1. The van der Waals surface area contributed by atoms with Crippen LogP contribution in [0.3, 0.4) is 0 Å². The number of nitrogens with zero attached hydrogens (tertiary/aromatic N) is 6. The summed E-state index contributed by atoms with van der Waals surface area (Å²) in [5.41, 5.74) is -0.874. The summed E-state index contributed by atoms with van der Waals surface area (Å²) in [6.07, 6.45) is -3.07. The van der Waals surface area contributed by atoms with Crippen LogP contribution < -0.4 is 9.80 Å². The van der Waals surface area contributed by atoms with E-state index >= 15 is 0 Å². The number of alkyl halides is 3. The van der Waals surface area contributed by atoms with Crippen molar-refractivity contribution >= 4 is 50.8 Å². The SMILES string of the molecule is CC(C)(C)OC(=O)N1CCCC2(CC(C(=O)N3CCc4cc(S(=O)(=O)N5CCN(c6cc(C(F)(F)F)cc(Cl)n6)CC5)ccc43)=NO2)C1. The topological polar surface area (TPSA) is 125 Å². The van der Waals surface area contributed by atoms with E-state index in [4.69, 9.17) is 21.2 Å². The largest absolute Gasteiger partial charge is 0.444 e. The minimum Gasteiger partial charge on any atom is -0.444 e. The van der Waals surface area contributed by atoms with E-state index in [0.717, 1.165) is 12.1 Å². The maximum absolute atomic E-state index is 13.6. The molecule has 1 unspecified atom stereocenters. The van der Waals surface area contributed by atoms with Gasteiger partial charge in [0.15, 0.2) is 5.60 Å². The number of anilines is 2. The number of likely N-dealkylation sites (tertiary alicyclic amines) is 1. The second-order valence-corrected chi connectivity index (χ2v) is 15.7. The van der Waals surface area contributed by atoms with Gasteiger partial charge < -0.3 is 24.3 Å². The number of carbonyl (C=O) groups is 2. The van der Waals surface area contributed by atoms with Gasteiger partial charge in [-0.2, -0.15) is 17.5 Å². The summed E-state index contributed by atoms with van der Waals surface area (Å²) in [6, 6.07) is 6.27. The second-order valence-electron chi connectivity index (χ2n) is 13.4. The monoisotopic (exact) mass is 712 g/mol. The van der Waals surface area contributed by atoms with E-state index in [1.165, 1.54) is 10.4 Å². The summed E-state index contributed by atoms with van der Waals surface area (Å²) >= 11 is 5.84. The third-order valence-electron chi connectivity index (χ3n) is 8.78. The van der Waals surface area contributed by atoms with Crippen molar-refractivity contribution in [3.8, 4) is 0 Å². The van der Waals surface area contributed by atoms with Crippen LogP contribution >= 0.6 is 11.6 Å². The minimum absolute atomic E-state index is 0.0289. The summed E-state index contributed by atoms with van der Waals surface area (Å²) in [6.45, 7) is 6.81. The summed E-state index contributed by atoms with van der Waals surface area (Å²) < 4.78 is 73.8. The van der Waals surface area contributed by atoms with E-state index in [1.807, 2.05) is 0 Å². The number of hydrogen-bond acceptors (Lipinski definition) is 9. The third kappa shape index (κ3) is 6.92. The lowest BCUT2D eigenvalue weighted by molar-refractivity contribution is -0.137. The number of carbonyl (C=O) groups excluding carboxylic acids is 2. The predicted molar refractivity (Wildman–Crippen MR) is 171 cm³/mol. The average molecular weight is 713 g/mol. The molecule has 2 saturated heterocycles. The third-order valence-corrected chi connectivity index (χ3v) is 10.9. The van der Waals surface area contributed by atoms with Crippen molar-refractivity contribution in [1.82, 2.24) is 14.2 Å². The quantitative estimate of drug-likeness (QED) is 0.418. The minimum atomic E-state index is -4.60. The van der Waals surface area contributed by atoms with Crippen LogP contribution in [0.25, 0.3) is 0 Å². The van der Waals surface area contributed by atoms with Crippen molar-refractivity contribution < 1.29 is 40.8 Å². The number of benzene rings is 1. The van der Waals surface area contributed by atoms with Gasteiger partial charge in [-0.05, 0) is 75.9 Å². The number of aromatic nitrogens is 1.